The number of carbonyl (C=O) groups is 1. The van der Waals surface area contributed by atoms with Gasteiger partial charge in [0, 0.05) is 30.2 Å². The molecule has 17 heavy (non-hydrogen) atoms. The lowest BCUT2D eigenvalue weighted by Crippen LogP contribution is -2.12. The average molecular weight is 227 g/mol. The Labute approximate surface area is 99.5 Å². The van der Waals surface area contributed by atoms with Crippen molar-refractivity contribution < 1.29 is 4.79 Å². The fraction of sp³-hybridized carbons (Fsp3) is 0.0769. The summed E-state index contributed by atoms with van der Waals surface area (Å²) in [5.74, 6) is -0.147. The first-order chi connectivity index (χ1) is 8.29. The second kappa shape index (κ2) is 5.23. The molecule has 0 aliphatic carbocycles. The number of carbonyl (C=O) groups excluding carboxylic acids is 1. The van der Waals surface area contributed by atoms with Crippen molar-refractivity contribution in [2.24, 2.45) is 5.73 Å². The van der Waals surface area contributed by atoms with Gasteiger partial charge in [-0.3, -0.25) is 9.78 Å². The number of benzene rings is 1. The number of pyridine rings is 1. The molecule has 0 saturated carbocycles. The van der Waals surface area contributed by atoms with Crippen LogP contribution in [0.15, 0.2) is 48.8 Å². The number of aromatic nitrogens is 1. The summed E-state index contributed by atoms with van der Waals surface area (Å²) in [6.45, 7) is 0.427. The monoisotopic (exact) mass is 227 g/mol. The molecule has 1 aromatic heterocycles. The molecule has 2 aromatic rings. The molecule has 0 atom stereocenters. The van der Waals surface area contributed by atoms with Gasteiger partial charge in [-0.25, -0.2) is 0 Å². The molecule has 1 amide bonds. The summed E-state index contributed by atoms with van der Waals surface area (Å²) in [4.78, 5) is 15.8. The van der Waals surface area contributed by atoms with E-state index in [9.17, 15) is 4.79 Å². The Morgan fingerprint density at radius 3 is 2.71 bits per heavy atom. The van der Waals surface area contributed by atoms with Crippen LogP contribution >= 0.6 is 0 Å². The summed E-state index contributed by atoms with van der Waals surface area (Å²) in [6, 6.07) is 10.7. The zero-order valence-corrected chi connectivity index (χ0v) is 9.26. The highest BCUT2D eigenvalue weighted by molar-refractivity contribution is 6.04. The molecule has 0 radical (unpaired) electrons. The molecule has 1 aromatic carbocycles. The number of nitrogens with zero attached hydrogens (tertiary/aromatic N) is 1. The summed E-state index contributed by atoms with van der Waals surface area (Å²) in [5.41, 5.74) is 7.80. The number of rotatable bonds is 3. The Hall–Kier alpha value is -2.20. The average Bonchev–Trinajstić information content (AvgIpc) is 2.40. The van der Waals surface area contributed by atoms with Crippen molar-refractivity contribution in [3.63, 3.8) is 0 Å². The van der Waals surface area contributed by atoms with Gasteiger partial charge >= 0.3 is 0 Å². The Morgan fingerprint density at radius 1 is 1.24 bits per heavy atom. The summed E-state index contributed by atoms with van der Waals surface area (Å²) >= 11 is 0. The van der Waals surface area contributed by atoms with Gasteiger partial charge < -0.3 is 11.1 Å². The minimum atomic E-state index is -0.147. The minimum absolute atomic E-state index is 0.147. The predicted octanol–water partition coefficient (Wildman–Crippen LogP) is 1.79. The van der Waals surface area contributed by atoms with Crippen molar-refractivity contribution in [3.05, 3.63) is 59.9 Å². The molecule has 4 heteroatoms. The Kier molecular flexibility index (Phi) is 3.47. The van der Waals surface area contributed by atoms with Crippen molar-refractivity contribution in [2.75, 3.05) is 5.32 Å². The van der Waals surface area contributed by atoms with E-state index >= 15 is 0 Å². The second-order valence-electron chi connectivity index (χ2n) is 3.59. The lowest BCUT2D eigenvalue weighted by Gasteiger charge is -2.05. The largest absolute Gasteiger partial charge is 0.326 e. The lowest BCUT2D eigenvalue weighted by atomic mass is 10.1. The molecule has 1 heterocycles. The predicted molar refractivity (Wildman–Crippen MR) is 66.5 cm³/mol. The van der Waals surface area contributed by atoms with E-state index < -0.39 is 0 Å². The van der Waals surface area contributed by atoms with Crippen LogP contribution in [0.2, 0.25) is 0 Å². The van der Waals surface area contributed by atoms with Gasteiger partial charge in [-0.15, -0.1) is 0 Å². The van der Waals surface area contributed by atoms with Crippen LogP contribution < -0.4 is 11.1 Å². The summed E-state index contributed by atoms with van der Waals surface area (Å²) in [7, 11) is 0. The van der Waals surface area contributed by atoms with Gasteiger partial charge in [0.2, 0.25) is 0 Å². The molecular formula is C13H13N3O. The Morgan fingerprint density at radius 2 is 2.00 bits per heavy atom. The first-order valence-corrected chi connectivity index (χ1v) is 5.30. The van der Waals surface area contributed by atoms with Crippen molar-refractivity contribution >= 4 is 11.6 Å². The number of anilines is 1. The highest BCUT2D eigenvalue weighted by Gasteiger charge is 2.05. The van der Waals surface area contributed by atoms with Gasteiger partial charge in [-0.2, -0.15) is 0 Å². The number of amides is 1. The molecule has 4 nitrogen and oxygen atoms in total. The van der Waals surface area contributed by atoms with Gasteiger partial charge in [0.1, 0.15) is 0 Å². The first kappa shape index (κ1) is 11.3. The standard InChI is InChI=1S/C13H13N3O/c14-9-10-2-1-3-11(8-10)13(17)16-12-4-6-15-7-5-12/h1-8H,9,14H2,(H,15,16,17). The maximum atomic E-state index is 11.9. The van der Waals surface area contributed by atoms with Crippen LogP contribution in [0.25, 0.3) is 0 Å². The van der Waals surface area contributed by atoms with Crippen LogP contribution in [0, 0.1) is 0 Å². The molecule has 0 unspecified atom stereocenters. The first-order valence-electron chi connectivity index (χ1n) is 5.30. The van der Waals surface area contributed by atoms with E-state index in [1.165, 1.54) is 0 Å². The van der Waals surface area contributed by atoms with Crippen molar-refractivity contribution in [2.45, 2.75) is 6.54 Å². The molecule has 3 N–H and O–H groups in total. The minimum Gasteiger partial charge on any atom is -0.326 e. The van der Waals surface area contributed by atoms with Gasteiger partial charge in [0.05, 0.1) is 0 Å². The molecule has 86 valence electrons. The molecule has 0 fully saturated rings. The van der Waals surface area contributed by atoms with Crippen molar-refractivity contribution in [3.8, 4) is 0 Å². The van der Waals surface area contributed by atoms with Crippen LogP contribution in [0.4, 0.5) is 5.69 Å². The topological polar surface area (TPSA) is 68.0 Å². The van der Waals surface area contributed by atoms with E-state index in [1.54, 1.807) is 36.7 Å². The third-order valence-electron chi connectivity index (χ3n) is 2.36. The smallest absolute Gasteiger partial charge is 0.255 e. The molecule has 0 spiro atoms. The molecule has 0 aliphatic heterocycles. The second-order valence-corrected chi connectivity index (χ2v) is 3.59. The van der Waals surface area contributed by atoms with Crippen LogP contribution in [-0.2, 0) is 6.54 Å². The zero-order valence-electron chi connectivity index (χ0n) is 9.26. The zero-order chi connectivity index (χ0) is 12.1. The van der Waals surface area contributed by atoms with Crippen LogP contribution in [0.5, 0.6) is 0 Å². The van der Waals surface area contributed by atoms with E-state index in [-0.39, 0.29) is 5.91 Å². The number of hydrogen-bond acceptors (Lipinski definition) is 3. The molecular weight excluding hydrogens is 214 g/mol. The Balaban J connectivity index is 2.14. The quantitative estimate of drug-likeness (QED) is 0.840. The lowest BCUT2D eigenvalue weighted by molar-refractivity contribution is 0.102. The van der Waals surface area contributed by atoms with Gasteiger partial charge in [0.15, 0.2) is 0 Å². The summed E-state index contributed by atoms with van der Waals surface area (Å²) in [5, 5.41) is 2.79. The van der Waals surface area contributed by atoms with E-state index in [0.717, 1.165) is 11.3 Å². The van der Waals surface area contributed by atoms with E-state index in [1.807, 2.05) is 12.1 Å². The molecule has 0 aliphatic rings. The van der Waals surface area contributed by atoms with E-state index in [4.69, 9.17) is 5.73 Å². The fourth-order valence-electron chi connectivity index (χ4n) is 1.48. The fourth-order valence-corrected chi connectivity index (χ4v) is 1.48. The third-order valence-corrected chi connectivity index (χ3v) is 2.36. The Bertz CT molecular complexity index is 511. The number of nitrogens with one attached hydrogen (secondary N) is 1. The number of hydrogen-bond donors (Lipinski definition) is 2. The van der Waals surface area contributed by atoms with Crippen LogP contribution in [0.1, 0.15) is 15.9 Å². The van der Waals surface area contributed by atoms with Crippen LogP contribution in [-0.4, -0.2) is 10.9 Å². The highest BCUT2D eigenvalue weighted by Crippen LogP contribution is 2.09. The summed E-state index contributed by atoms with van der Waals surface area (Å²) in [6.07, 6.45) is 3.26. The van der Waals surface area contributed by atoms with Gasteiger partial charge in [-0.05, 0) is 29.8 Å². The molecule has 0 bridgehead atoms. The van der Waals surface area contributed by atoms with Crippen molar-refractivity contribution in [1.82, 2.24) is 4.98 Å². The maximum absolute atomic E-state index is 11.9. The normalized spacial score (nSPS) is 9.94. The maximum Gasteiger partial charge on any atom is 0.255 e. The van der Waals surface area contributed by atoms with Gasteiger partial charge in [0.25, 0.3) is 5.91 Å². The van der Waals surface area contributed by atoms with E-state index in [0.29, 0.717) is 12.1 Å². The molecule has 2 rings (SSSR count). The summed E-state index contributed by atoms with van der Waals surface area (Å²) < 4.78 is 0. The third kappa shape index (κ3) is 2.89. The number of nitrogens with two attached hydrogens (primary N) is 1. The molecule has 0 saturated heterocycles. The van der Waals surface area contributed by atoms with Crippen molar-refractivity contribution in [1.29, 1.82) is 0 Å². The highest BCUT2D eigenvalue weighted by atomic mass is 16.1. The van der Waals surface area contributed by atoms with E-state index in [2.05, 4.69) is 10.3 Å². The SMILES string of the molecule is NCc1cccc(C(=O)Nc2ccncc2)c1. The van der Waals surface area contributed by atoms with Gasteiger partial charge in [-0.1, -0.05) is 12.1 Å². The van der Waals surface area contributed by atoms with Crippen LogP contribution in [0.3, 0.4) is 0 Å².